The van der Waals surface area contributed by atoms with Gasteiger partial charge in [-0.2, -0.15) is 0 Å². The number of fused-ring (bicyclic) bond motifs is 1. The van der Waals surface area contributed by atoms with Crippen molar-refractivity contribution in [3.05, 3.63) is 86.4 Å². The fourth-order valence-electron chi connectivity index (χ4n) is 3.35. The summed E-state index contributed by atoms with van der Waals surface area (Å²) in [5, 5.41) is 5.43. The van der Waals surface area contributed by atoms with E-state index < -0.39 is 0 Å². The molecular formula is C24H22BrN3O2S2. The van der Waals surface area contributed by atoms with Gasteiger partial charge < -0.3 is 5.32 Å². The Morgan fingerprint density at radius 2 is 1.91 bits per heavy atom. The second-order valence-corrected chi connectivity index (χ2v) is 10.2. The lowest BCUT2D eigenvalue weighted by molar-refractivity contribution is -0.119. The normalized spacial score (nSPS) is 12.1. The summed E-state index contributed by atoms with van der Waals surface area (Å²) in [7, 11) is 0. The molecule has 4 rings (SSSR count). The summed E-state index contributed by atoms with van der Waals surface area (Å²) in [5.41, 5.74) is 2.52. The zero-order chi connectivity index (χ0) is 22.5. The molecule has 0 radical (unpaired) electrons. The van der Waals surface area contributed by atoms with Crippen molar-refractivity contribution in [2.24, 2.45) is 0 Å². The molecule has 0 bridgehead atoms. The molecule has 8 heteroatoms. The number of aryl methyl sites for hydroxylation is 1. The molecular weight excluding hydrogens is 506 g/mol. The van der Waals surface area contributed by atoms with Gasteiger partial charge in [0.2, 0.25) is 5.91 Å². The first-order valence-corrected chi connectivity index (χ1v) is 12.9. The fraction of sp³-hybridized carbons (Fsp3) is 0.208. The summed E-state index contributed by atoms with van der Waals surface area (Å²) < 4.78 is 3.12. The third-order valence-corrected chi connectivity index (χ3v) is 7.34. The lowest BCUT2D eigenvalue weighted by atomic mass is 10.1. The maximum absolute atomic E-state index is 13.1. The molecule has 1 amide bonds. The van der Waals surface area contributed by atoms with E-state index in [4.69, 9.17) is 0 Å². The Balaban J connectivity index is 1.46. The van der Waals surface area contributed by atoms with Crippen LogP contribution < -0.4 is 10.9 Å². The number of amides is 1. The van der Waals surface area contributed by atoms with Crippen LogP contribution in [0.25, 0.3) is 15.9 Å². The van der Waals surface area contributed by atoms with E-state index in [-0.39, 0.29) is 23.3 Å². The topological polar surface area (TPSA) is 64.0 Å². The number of carbonyl (C=O) groups is 1. The van der Waals surface area contributed by atoms with E-state index in [1.54, 1.807) is 4.57 Å². The van der Waals surface area contributed by atoms with Crippen LogP contribution in [0.3, 0.4) is 0 Å². The van der Waals surface area contributed by atoms with Gasteiger partial charge in [0.15, 0.2) is 5.16 Å². The molecule has 2 aromatic heterocycles. The van der Waals surface area contributed by atoms with Crippen LogP contribution in [-0.4, -0.2) is 27.3 Å². The smallest absolute Gasteiger partial charge is 0.276 e. The van der Waals surface area contributed by atoms with Crippen LogP contribution in [0.15, 0.2) is 80.5 Å². The monoisotopic (exact) mass is 527 g/mol. The molecule has 0 aliphatic carbocycles. The van der Waals surface area contributed by atoms with Gasteiger partial charge in [0.1, 0.15) is 4.70 Å². The van der Waals surface area contributed by atoms with Crippen LogP contribution in [0, 0.1) is 0 Å². The number of hydrogen-bond acceptors (Lipinski definition) is 5. The molecule has 0 saturated heterocycles. The number of rotatable bonds is 8. The maximum Gasteiger partial charge on any atom is 0.276 e. The molecule has 1 atom stereocenters. The molecule has 0 fully saturated rings. The summed E-state index contributed by atoms with van der Waals surface area (Å²) in [6, 6.07) is 19.6. The van der Waals surface area contributed by atoms with Crippen molar-refractivity contribution in [3.63, 3.8) is 0 Å². The van der Waals surface area contributed by atoms with Crippen molar-refractivity contribution in [1.82, 2.24) is 14.9 Å². The molecule has 2 heterocycles. The van der Waals surface area contributed by atoms with Crippen molar-refractivity contribution in [2.45, 2.75) is 31.0 Å². The van der Waals surface area contributed by atoms with Crippen molar-refractivity contribution in [2.75, 3.05) is 5.75 Å². The van der Waals surface area contributed by atoms with Gasteiger partial charge in [0.25, 0.3) is 5.56 Å². The second-order valence-electron chi connectivity index (χ2n) is 7.43. The molecule has 32 heavy (non-hydrogen) atoms. The van der Waals surface area contributed by atoms with E-state index in [2.05, 4.69) is 38.4 Å². The Bertz CT molecular complexity index is 1270. The van der Waals surface area contributed by atoms with Crippen LogP contribution in [0.5, 0.6) is 0 Å². The van der Waals surface area contributed by atoms with Gasteiger partial charge in [-0.25, -0.2) is 4.98 Å². The zero-order valence-corrected chi connectivity index (χ0v) is 20.7. The average Bonchev–Trinajstić information content (AvgIpc) is 3.27. The third-order valence-electron chi connectivity index (χ3n) is 4.98. The van der Waals surface area contributed by atoms with Crippen LogP contribution in [0.2, 0.25) is 0 Å². The molecule has 0 saturated carbocycles. The minimum Gasteiger partial charge on any atom is -0.353 e. The van der Waals surface area contributed by atoms with Gasteiger partial charge in [0.05, 0.1) is 17.0 Å². The van der Waals surface area contributed by atoms with Crippen molar-refractivity contribution in [1.29, 1.82) is 0 Å². The Kier molecular flexibility index (Phi) is 7.44. The number of aromatic nitrogens is 2. The van der Waals surface area contributed by atoms with Crippen LogP contribution in [0.1, 0.15) is 18.9 Å². The highest BCUT2D eigenvalue weighted by molar-refractivity contribution is 9.10. The van der Waals surface area contributed by atoms with Gasteiger partial charge in [-0.1, -0.05) is 58.0 Å². The van der Waals surface area contributed by atoms with E-state index in [0.717, 1.165) is 23.0 Å². The standard InChI is InChI=1S/C24H22BrN3O2S2/c1-16(7-8-17-5-3-2-4-6-17)26-21(29)15-32-24-27-20-13-14-31-22(20)23(30)28(24)19-11-9-18(25)10-12-19/h2-6,9-14,16H,7-8,15H2,1H3,(H,26,29). The quantitative estimate of drug-likeness (QED) is 0.245. The first-order chi connectivity index (χ1) is 15.5. The Labute approximate surface area is 203 Å². The molecule has 1 unspecified atom stereocenters. The molecule has 164 valence electrons. The largest absolute Gasteiger partial charge is 0.353 e. The number of thiophene rings is 1. The predicted octanol–water partition coefficient (Wildman–Crippen LogP) is 5.44. The Morgan fingerprint density at radius 1 is 1.16 bits per heavy atom. The highest BCUT2D eigenvalue weighted by Crippen LogP contribution is 2.24. The highest BCUT2D eigenvalue weighted by Gasteiger charge is 2.16. The van der Waals surface area contributed by atoms with Crippen molar-refractivity contribution < 1.29 is 4.79 Å². The lowest BCUT2D eigenvalue weighted by Crippen LogP contribution is -2.34. The van der Waals surface area contributed by atoms with Gasteiger partial charge in [-0.05, 0) is 61.0 Å². The molecule has 5 nitrogen and oxygen atoms in total. The Hall–Kier alpha value is -2.42. The predicted molar refractivity (Wildman–Crippen MR) is 136 cm³/mol. The third kappa shape index (κ3) is 5.49. The SMILES string of the molecule is CC(CCc1ccccc1)NC(=O)CSc1nc2ccsc2c(=O)n1-c1ccc(Br)cc1. The summed E-state index contributed by atoms with van der Waals surface area (Å²) in [6.07, 6.45) is 1.78. The van der Waals surface area contributed by atoms with E-state index in [1.165, 1.54) is 28.7 Å². The minimum atomic E-state index is -0.119. The average molecular weight is 528 g/mol. The summed E-state index contributed by atoms with van der Waals surface area (Å²) in [5.74, 6) is 0.117. The molecule has 0 spiro atoms. The minimum absolute atomic E-state index is 0.0595. The number of benzene rings is 2. The van der Waals surface area contributed by atoms with E-state index in [0.29, 0.717) is 15.4 Å². The van der Waals surface area contributed by atoms with Crippen LogP contribution >= 0.6 is 39.0 Å². The zero-order valence-electron chi connectivity index (χ0n) is 17.5. The molecule has 0 aliphatic rings. The molecule has 1 N–H and O–H groups in total. The van der Waals surface area contributed by atoms with Gasteiger partial charge in [-0.15, -0.1) is 11.3 Å². The van der Waals surface area contributed by atoms with Crippen molar-refractivity contribution in [3.8, 4) is 5.69 Å². The number of nitrogens with zero attached hydrogens (tertiary/aromatic N) is 2. The fourth-order valence-corrected chi connectivity index (χ4v) is 5.20. The lowest BCUT2D eigenvalue weighted by Gasteiger charge is -2.15. The van der Waals surface area contributed by atoms with E-state index in [1.807, 2.05) is 60.8 Å². The number of hydrogen-bond donors (Lipinski definition) is 1. The molecule has 4 aromatic rings. The van der Waals surface area contributed by atoms with Gasteiger partial charge >= 0.3 is 0 Å². The van der Waals surface area contributed by atoms with Crippen LogP contribution in [-0.2, 0) is 11.2 Å². The van der Waals surface area contributed by atoms with Crippen molar-refractivity contribution >= 4 is 55.2 Å². The van der Waals surface area contributed by atoms with Gasteiger partial charge in [-0.3, -0.25) is 14.2 Å². The number of nitrogens with one attached hydrogen (secondary N) is 1. The number of carbonyl (C=O) groups excluding carboxylic acids is 1. The van der Waals surface area contributed by atoms with Gasteiger partial charge in [0, 0.05) is 10.5 Å². The highest BCUT2D eigenvalue weighted by atomic mass is 79.9. The number of thioether (sulfide) groups is 1. The number of halogens is 1. The second kappa shape index (κ2) is 10.5. The molecule has 2 aromatic carbocycles. The first kappa shape index (κ1) is 22.8. The van der Waals surface area contributed by atoms with Crippen LogP contribution in [0.4, 0.5) is 0 Å². The van der Waals surface area contributed by atoms with E-state index in [9.17, 15) is 9.59 Å². The van der Waals surface area contributed by atoms with E-state index >= 15 is 0 Å². The molecule has 0 aliphatic heterocycles. The Morgan fingerprint density at radius 3 is 2.66 bits per heavy atom. The summed E-state index contributed by atoms with van der Waals surface area (Å²) >= 11 is 6.08. The summed E-state index contributed by atoms with van der Waals surface area (Å²) in [4.78, 5) is 30.4. The summed E-state index contributed by atoms with van der Waals surface area (Å²) in [6.45, 7) is 2.01. The first-order valence-electron chi connectivity index (χ1n) is 10.2. The maximum atomic E-state index is 13.1.